The molecule has 140 valence electrons. The quantitative estimate of drug-likeness (QED) is 0.733. The summed E-state index contributed by atoms with van der Waals surface area (Å²) in [4.78, 5) is 31.1. The van der Waals surface area contributed by atoms with Gasteiger partial charge in [0.1, 0.15) is 0 Å². The topological polar surface area (TPSA) is 86.9 Å². The molecular weight excluding hydrogens is 352 g/mol. The van der Waals surface area contributed by atoms with E-state index in [9.17, 15) is 9.59 Å². The van der Waals surface area contributed by atoms with Crippen molar-refractivity contribution in [1.29, 1.82) is 0 Å². The van der Waals surface area contributed by atoms with E-state index in [0.717, 1.165) is 30.0 Å². The van der Waals surface area contributed by atoms with Gasteiger partial charge in [-0.1, -0.05) is 0 Å². The standard InChI is InChI=1S/C18H24N4O3S/c23-16(7-13-11-21-5-6-26-18(21)20-13)19-9-15-4-3-14(8-17(24)25)22(15)10-12-1-2-12/h5-6,11-12,14-15H,1-4,7-10H2,(H,19,23)(H,24,25)/t14-,15+/m1/s1. The SMILES string of the molecule is O=C(O)C[C@H]1CC[C@@H](CNC(=O)Cc2cn3ccsc3n2)N1CC1CC1. The zero-order chi connectivity index (χ0) is 18.1. The Kier molecular flexibility index (Phi) is 4.95. The molecule has 26 heavy (non-hydrogen) atoms. The van der Waals surface area contributed by atoms with Gasteiger partial charge >= 0.3 is 5.97 Å². The number of hydrogen-bond acceptors (Lipinski definition) is 5. The number of nitrogens with one attached hydrogen (secondary N) is 1. The highest BCUT2D eigenvalue weighted by Crippen LogP contribution is 2.35. The van der Waals surface area contributed by atoms with Crippen molar-refractivity contribution in [2.75, 3.05) is 13.1 Å². The largest absolute Gasteiger partial charge is 0.481 e. The molecule has 2 aromatic heterocycles. The summed E-state index contributed by atoms with van der Waals surface area (Å²) in [5, 5.41) is 14.1. The van der Waals surface area contributed by atoms with Crippen LogP contribution in [0.5, 0.6) is 0 Å². The van der Waals surface area contributed by atoms with Crippen LogP contribution >= 0.6 is 11.3 Å². The van der Waals surface area contributed by atoms with E-state index in [1.54, 1.807) is 11.3 Å². The highest BCUT2D eigenvalue weighted by Gasteiger charge is 2.37. The maximum atomic E-state index is 12.3. The molecule has 1 amide bonds. The lowest BCUT2D eigenvalue weighted by molar-refractivity contribution is -0.138. The normalized spacial score (nSPS) is 23.5. The monoisotopic (exact) mass is 376 g/mol. The zero-order valence-corrected chi connectivity index (χ0v) is 15.5. The van der Waals surface area contributed by atoms with E-state index in [-0.39, 0.29) is 30.8 Å². The number of thiazole rings is 1. The average Bonchev–Trinajstić information content (AvgIpc) is 2.98. The Bertz CT molecular complexity index is 769. The van der Waals surface area contributed by atoms with Crippen molar-refractivity contribution in [1.82, 2.24) is 19.6 Å². The van der Waals surface area contributed by atoms with E-state index >= 15 is 0 Å². The lowest BCUT2D eigenvalue weighted by atomic mass is 10.1. The van der Waals surface area contributed by atoms with Gasteiger partial charge in [0.05, 0.1) is 18.5 Å². The van der Waals surface area contributed by atoms with E-state index in [2.05, 4.69) is 15.2 Å². The first-order chi connectivity index (χ1) is 12.6. The fraction of sp³-hybridized carbons (Fsp3) is 0.611. The van der Waals surface area contributed by atoms with Crippen LogP contribution < -0.4 is 5.32 Å². The van der Waals surface area contributed by atoms with Crippen molar-refractivity contribution in [3.05, 3.63) is 23.5 Å². The van der Waals surface area contributed by atoms with Crippen molar-refractivity contribution < 1.29 is 14.7 Å². The van der Waals surface area contributed by atoms with Gasteiger partial charge < -0.3 is 10.4 Å². The first kappa shape index (κ1) is 17.5. The number of nitrogens with zero attached hydrogens (tertiary/aromatic N) is 3. The molecule has 7 nitrogen and oxygen atoms in total. The Labute approximate surface area is 156 Å². The first-order valence-electron chi connectivity index (χ1n) is 9.24. The van der Waals surface area contributed by atoms with E-state index < -0.39 is 5.97 Å². The maximum Gasteiger partial charge on any atom is 0.304 e. The molecule has 8 heteroatoms. The summed E-state index contributed by atoms with van der Waals surface area (Å²) in [6.45, 7) is 1.56. The van der Waals surface area contributed by atoms with Gasteiger partial charge in [0, 0.05) is 42.9 Å². The first-order valence-corrected chi connectivity index (χ1v) is 10.1. The van der Waals surface area contributed by atoms with E-state index in [4.69, 9.17) is 5.11 Å². The third kappa shape index (κ3) is 4.07. The van der Waals surface area contributed by atoms with Crippen LogP contribution in [-0.4, -0.2) is 56.4 Å². The van der Waals surface area contributed by atoms with Crippen molar-refractivity contribution in [3.63, 3.8) is 0 Å². The third-order valence-corrected chi connectivity index (χ3v) is 6.14. The van der Waals surface area contributed by atoms with Gasteiger partial charge in [-0.2, -0.15) is 0 Å². The summed E-state index contributed by atoms with van der Waals surface area (Å²) in [5.74, 6) is -0.0508. The molecule has 4 rings (SSSR count). The van der Waals surface area contributed by atoms with Crippen molar-refractivity contribution in [2.24, 2.45) is 5.92 Å². The van der Waals surface area contributed by atoms with Crippen LogP contribution in [-0.2, 0) is 16.0 Å². The van der Waals surface area contributed by atoms with Gasteiger partial charge in [-0.25, -0.2) is 4.98 Å². The number of carboxylic acids is 1. The zero-order valence-electron chi connectivity index (χ0n) is 14.6. The molecule has 0 aromatic carbocycles. The van der Waals surface area contributed by atoms with Crippen LogP contribution in [0.3, 0.4) is 0 Å². The molecule has 1 aliphatic carbocycles. The fourth-order valence-electron chi connectivity index (χ4n) is 3.87. The number of fused-ring (bicyclic) bond motifs is 1. The summed E-state index contributed by atoms with van der Waals surface area (Å²) in [5.41, 5.74) is 0.777. The molecule has 2 fully saturated rings. The predicted molar refractivity (Wildman–Crippen MR) is 98.3 cm³/mol. The number of likely N-dealkylation sites (tertiary alicyclic amines) is 1. The van der Waals surface area contributed by atoms with Gasteiger partial charge in [-0.3, -0.25) is 18.9 Å². The van der Waals surface area contributed by atoms with E-state index in [1.807, 2.05) is 22.2 Å². The molecule has 0 bridgehead atoms. The number of carbonyl (C=O) groups is 2. The summed E-state index contributed by atoms with van der Waals surface area (Å²) >= 11 is 1.55. The van der Waals surface area contributed by atoms with Gasteiger partial charge in [0.25, 0.3) is 0 Å². The lowest BCUT2D eigenvalue weighted by Crippen LogP contribution is -2.45. The van der Waals surface area contributed by atoms with Crippen LogP contribution in [0.15, 0.2) is 17.8 Å². The van der Waals surface area contributed by atoms with Gasteiger partial charge in [0.15, 0.2) is 4.96 Å². The summed E-state index contributed by atoms with van der Waals surface area (Å²) < 4.78 is 1.93. The molecule has 3 heterocycles. The van der Waals surface area contributed by atoms with Crippen LogP contribution in [0.25, 0.3) is 4.96 Å². The summed E-state index contributed by atoms with van der Waals surface area (Å²) in [7, 11) is 0. The van der Waals surface area contributed by atoms with Crippen LogP contribution in [0.2, 0.25) is 0 Å². The highest BCUT2D eigenvalue weighted by atomic mass is 32.1. The van der Waals surface area contributed by atoms with Crippen LogP contribution in [0.4, 0.5) is 0 Å². The van der Waals surface area contributed by atoms with Crippen molar-refractivity contribution in [3.8, 4) is 0 Å². The van der Waals surface area contributed by atoms with Gasteiger partial charge in [-0.05, 0) is 31.6 Å². The minimum Gasteiger partial charge on any atom is -0.481 e. The Morgan fingerprint density at radius 3 is 2.81 bits per heavy atom. The number of imidazole rings is 1. The minimum absolute atomic E-state index is 0.0243. The highest BCUT2D eigenvalue weighted by molar-refractivity contribution is 7.15. The molecule has 2 N–H and O–H groups in total. The Morgan fingerprint density at radius 1 is 1.27 bits per heavy atom. The lowest BCUT2D eigenvalue weighted by Gasteiger charge is -2.29. The number of aliphatic carboxylic acids is 1. The molecule has 1 aliphatic heterocycles. The molecule has 1 saturated heterocycles. The predicted octanol–water partition coefficient (Wildman–Crippen LogP) is 1.77. The number of rotatable bonds is 8. The van der Waals surface area contributed by atoms with Crippen LogP contribution in [0, 0.1) is 5.92 Å². The second-order valence-electron chi connectivity index (χ2n) is 7.43. The Morgan fingerprint density at radius 2 is 2.08 bits per heavy atom. The third-order valence-electron chi connectivity index (χ3n) is 5.37. The molecular formula is C18H24N4O3S. The molecule has 0 unspecified atom stereocenters. The van der Waals surface area contributed by atoms with Crippen molar-refractivity contribution in [2.45, 2.75) is 50.6 Å². The van der Waals surface area contributed by atoms with Gasteiger partial charge in [-0.15, -0.1) is 11.3 Å². The fourth-order valence-corrected chi connectivity index (χ4v) is 4.59. The van der Waals surface area contributed by atoms with E-state index in [1.165, 1.54) is 12.8 Å². The summed E-state index contributed by atoms with van der Waals surface area (Å²) in [6, 6.07) is 0.351. The minimum atomic E-state index is -0.736. The molecule has 0 spiro atoms. The number of carboxylic acid groups (broad SMARTS) is 1. The number of aromatic nitrogens is 2. The molecule has 2 aliphatic rings. The summed E-state index contributed by atoms with van der Waals surface area (Å²) in [6.07, 6.45) is 8.64. The molecule has 0 radical (unpaired) electrons. The second kappa shape index (κ2) is 7.36. The Hall–Kier alpha value is -1.93. The number of hydrogen-bond donors (Lipinski definition) is 2. The number of carbonyl (C=O) groups excluding carboxylic acids is 1. The maximum absolute atomic E-state index is 12.3. The number of amides is 1. The second-order valence-corrected chi connectivity index (χ2v) is 8.30. The Balaban J connectivity index is 1.31. The van der Waals surface area contributed by atoms with E-state index in [0.29, 0.717) is 12.5 Å². The molecule has 1 saturated carbocycles. The molecule has 2 aromatic rings. The van der Waals surface area contributed by atoms with Crippen LogP contribution in [0.1, 0.15) is 37.8 Å². The van der Waals surface area contributed by atoms with Gasteiger partial charge in [0.2, 0.25) is 5.91 Å². The smallest absolute Gasteiger partial charge is 0.304 e. The molecule has 2 atom stereocenters. The van der Waals surface area contributed by atoms with Crippen molar-refractivity contribution >= 4 is 28.2 Å². The average molecular weight is 376 g/mol.